The summed E-state index contributed by atoms with van der Waals surface area (Å²) in [6, 6.07) is 13.8. The van der Waals surface area contributed by atoms with Gasteiger partial charge in [-0.05, 0) is 36.8 Å². The van der Waals surface area contributed by atoms with Gasteiger partial charge in [0.15, 0.2) is 0 Å². The molecule has 2 nitrogen and oxygen atoms in total. The summed E-state index contributed by atoms with van der Waals surface area (Å²) in [5, 5.41) is 2.12. The third-order valence-corrected chi connectivity index (χ3v) is 2.97. The van der Waals surface area contributed by atoms with Crippen molar-refractivity contribution >= 4 is 28.1 Å². The fraction of sp³-hybridized carbons (Fsp3) is 0.0667. The van der Waals surface area contributed by atoms with Crippen molar-refractivity contribution in [1.82, 2.24) is 4.98 Å². The lowest BCUT2D eigenvalue weighted by molar-refractivity contribution is 0.112. The number of benzene rings is 2. The Balaban J connectivity index is 2.47. The Kier molecular flexibility index (Phi) is 2.15. The minimum Gasteiger partial charge on any atom is -0.298 e. The zero-order valence-electron chi connectivity index (χ0n) is 9.47. The number of rotatable bonds is 1. The molecule has 0 aliphatic rings. The van der Waals surface area contributed by atoms with Crippen LogP contribution in [0.15, 0.2) is 42.5 Å². The number of aryl methyl sites for hydroxylation is 1. The van der Waals surface area contributed by atoms with Gasteiger partial charge < -0.3 is 0 Å². The second-order valence-corrected chi connectivity index (χ2v) is 4.21. The number of nitrogens with zero attached hydrogens (tertiary/aromatic N) is 1. The summed E-state index contributed by atoms with van der Waals surface area (Å²) >= 11 is 0. The predicted molar refractivity (Wildman–Crippen MR) is 69.4 cm³/mol. The van der Waals surface area contributed by atoms with Gasteiger partial charge in [-0.1, -0.05) is 18.2 Å². The fourth-order valence-corrected chi connectivity index (χ4v) is 2.17. The molecule has 0 amide bonds. The largest absolute Gasteiger partial charge is 0.298 e. The van der Waals surface area contributed by atoms with E-state index in [-0.39, 0.29) is 0 Å². The van der Waals surface area contributed by atoms with Crippen LogP contribution >= 0.6 is 0 Å². The Labute approximate surface area is 98.9 Å². The molecule has 0 radical (unpaired) electrons. The SMILES string of the molecule is Cc1cc(C=O)cc2cc3ccccc3nc12. The maximum atomic E-state index is 10.8. The number of carbonyl (C=O) groups is 1. The van der Waals surface area contributed by atoms with Crippen molar-refractivity contribution in [3.8, 4) is 0 Å². The highest BCUT2D eigenvalue weighted by Crippen LogP contribution is 2.23. The minimum absolute atomic E-state index is 0.701. The number of pyridine rings is 1. The smallest absolute Gasteiger partial charge is 0.150 e. The lowest BCUT2D eigenvalue weighted by atomic mass is 10.0. The average molecular weight is 221 g/mol. The lowest BCUT2D eigenvalue weighted by Crippen LogP contribution is -1.89. The first-order valence-electron chi connectivity index (χ1n) is 5.53. The van der Waals surface area contributed by atoms with E-state index in [0.29, 0.717) is 5.56 Å². The standard InChI is InChI=1S/C15H11NO/c1-10-6-11(9-17)7-13-8-12-4-2-3-5-14(12)16-15(10)13/h2-9H,1H3. The molecule has 3 aromatic rings. The molecule has 0 bridgehead atoms. The van der Waals surface area contributed by atoms with E-state index in [1.807, 2.05) is 43.3 Å². The molecule has 0 unspecified atom stereocenters. The molecule has 82 valence electrons. The van der Waals surface area contributed by atoms with E-state index in [9.17, 15) is 4.79 Å². The molecular formula is C15H11NO. The molecule has 0 saturated carbocycles. The van der Waals surface area contributed by atoms with Crippen LogP contribution < -0.4 is 0 Å². The van der Waals surface area contributed by atoms with Gasteiger partial charge in [-0.3, -0.25) is 4.79 Å². The van der Waals surface area contributed by atoms with Gasteiger partial charge >= 0.3 is 0 Å². The highest BCUT2D eigenvalue weighted by molar-refractivity contribution is 5.96. The Bertz CT molecular complexity index is 731. The molecule has 2 aromatic carbocycles. The van der Waals surface area contributed by atoms with Crippen molar-refractivity contribution in [2.45, 2.75) is 6.92 Å². The van der Waals surface area contributed by atoms with E-state index >= 15 is 0 Å². The molecule has 0 saturated heterocycles. The van der Waals surface area contributed by atoms with Crippen LogP contribution in [0.1, 0.15) is 15.9 Å². The van der Waals surface area contributed by atoms with Crippen molar-refractivity contribution in [2.75, 3.05) is 0 Å². The van der Waals surface area contributed by atoms with Gasteiger partial charge in [0, 0.05) is 16.3 Å². The molecule has 0 atom stereocenters. The summed E-state index contributed by atoms with van der Waals surface area (Å²) in [6.07, 6.45) is 0.877. The van der Waals surface area contributed by atoms with Gasteiger partial charge in [-0.2, -0.15) is 0 Å². The van der Waals surface area contributed by atoms with Crippen molar-refractivity contribution in [2.24, 2.45) is 0 Å². The van der Waals surface area contributed by atoms with Gasteiger partial charge in [0.1, 0.15) is 6.29 Å². The van der Waals surface area contributed by atoms with Crippen LogP contribution in [0.5, 0.6) is 0 Å². The molecule has 0 fully saturated rings. The number of para-hydroxylation sites is 1. The monoisotopic (exact) mass is 221 g/mol. The van der Waals surface area contributed by atoms with Crippen LogP contribution in [0.2, 0.25) is 0 Å². The molecule has 1 heterocycles. The summed E-state index contributed by atoms with van der Waals surface area (Å²) in [5.74, 6) is 0. The highest BCUT2D eigenvalue weighted by Gasteiger charge is 2.04. The first-order chi connectivity index (χ1) is 8.28. The van der Waals surface area contributed by atoms with Gasteiger partial charge in [0.05, 0.1) is 11.0 Å². The zero-order valence-corrected chi connectivity index (χ0v) is 9.47. The summed E-state index contributed by atoms with van der Waals surface area (Å²) in [6.45, 7) is 1.98. The Hall–Kier alpha value is -2.22. The maximum absolute atomic E-state index is 10.8. The summed E-state index contributed by atoms with van der Waals surface area (Å²) in [7, 11) is 0. The molecular weight excluding hydrogens is 210 g/mol. The van der Waals surface area contributed by atoms with E-state index < -0.39 is 0 Å². The summed E-state index contributed by atoms with van der Waals surface area (Å²) in [4.78, 5) is 15.5. The van der Waals surface area contributed by atoms with Crippen molar-refractivity contribution < 1.29 is 4.79 Å². The number of fused-ring (bicyclic) bond motifs is 2. The van der Waals surface area contributed by atoms with Crippen molar-refractivity contribution in [3.05, 3.63) is 53.6 Å². The van der Waals surface area contributed by atoms with E-state index in [1.165, 1.54) is 0 Å². The third-order valence-electron chi connectivity index (χ3n) is 2.97. The maximum Gasteiger partial charge on any atom is 0.150 e. The van der Waals surface area contributed by atoms with Crippen LogP contribution in [0.3, 0.4) is 0 Å². The van der Waals surface area contributed by atoms with Crippen LogP contribution in [0, 0.1) is 6.92 Å². The third kappa shape index (κ3) is 1.58. The number of carbonyl (C=O) groups excluding carboxylic acids is 1. The summed E-state index contributed by atoms with van der Waals surface area (Å²) < 4.78 is 0. The van der Waals surface area contributed by atoms with Crippen molar-refractivity contribution in [1.29, 1.82) is 0 Å². The first-order valence-corrected chi connectivity index (χ1v) is 5.53. The Morgan fingerprint density at radius 2 is 1.88 bits per heavy atom. The second-order valence-electron chi connectivity index (χ2n) is 4.21. The molecule has 2 heteroatoms. The van der Waals surface area contributed by atoms with E-state index in [1.54, 1.807) is 0 Å². The Morgan fingerprint density at radius 1 is 1.06 bits per heavy atom. The quantitative estimate of drug-likeness (QED) is 0.465. The molecule has 0 N–H and O–H groups in total. The molecule has 3 rings (SSSR count). The van der Waals surface area contributed by atoms with E-state index in [2.05, 4.69) is 11.1 Å². The van der Waals surface area contributed by atoms with Gasteiger partial charge in [-0.15, -0.1) is 0 Å². The fourth-order valence-electron chi connectivity index (χ4n) is 2.17. The normalized spacial score (nSPS) is 10.9. The van der Waals surface area contributed by atoms with Crippen LogP contribution in [0.4, 0.5) is 0 Å². The topological polar surface area (TPSA) is 30.0 Å². The zero-order chi connectivity index (χ0) is 11.8. The molecule has 0 aliphatic heterocycles. The van der Waals surface area contributed by atoms with Crippen LogP contribution in [-0.4, -0.2) is 11.3 Å². The lowest BCUT2D eigenvalue weighted by Gasteiger charge is -2.05. The molecule has 0 aliphatic carbocycles. The van der Waals surface area contributed by atoms with Crippen LogP contribution in [0.25, 0.3) is 21.8 Å². The van der Waals surface area contributed by atoms with Gasteiger partial charge in [0.2, 0.25) is 0 Å². The van der Waals surface area contributed by atoms with Gasteiger partial charge in [0.25, 0.3) is 0 Å². The second kappa shape index (κ2) is 3.67. The molecule has 0 spiro atoms. The van der Waals surface area contributed by atoms with Crippen LogP contribution in [-0.2, 0) is 0 Å². The predicted octanol–water partition coefficient (Wildman–Crippen LogP) is 3.51. The van der Waals surface area contributed by atoms with Crippen molar-refractivity contribution in [3.63, 3.8) is 0 Å². The molecule has 17 heavy (non-hydrogen) atoms. The Morgan fingerprint density at radius 3 is 2.71 bits per heavy atom. The van der Waals surface area contributed by atoms with Gasteiger partial charge in [-0.25, -0.2) is 4.98 Å². The summed E-state index contributed by atoms with van der Waals surface area (Å²) in [5.41, 5.74) is 3.69. The first kappa shape index (κ1) is 9.97. The number of hydrogen-bond acceptors (Lipinski definition) is 2. The molecule has 1 aromatic heterocycles. The minimum atomic E-state index is 0.701. The number of aromatic nitrogens is 1. The average Bonchev–Trinajstić information content (AvgIpc) is 2.36. The van der Waals surface area contributed by atoms with E-state index in [0.717, 1.165) is 33.7 Å². The number of aldehydes is 1. The number of hydrogen-bond donors (Lipinski definition) is 0. The highest BCUT2D eigenvalue weighted by atomic mass is 16.1. The van der Waals surface area contributed by atoms with E-state index in [4.69, 9.17) is 0 Å².